The van der Waals surface area contributed by atoms with Gasteiger partial charge in [-0.3, -0.25) is 4.79 Å². The van der Waals surface area contributed by atoms with Gasteiger partial charge in [-0.05, 0) is 37.4 Å². The van der Waals surface area contributed by atoms with Gasteiger partial charge in [0.05, 0.1) is 0 Å². The van der Waals surface area contributed by atoms with Crippen LogP contribution in [0.4, 0.5) is 0 Å². The van der Waals surface area contributed by atoms with Gasteiger partial charge in [-0.2, -0.15) is 0 Å². The van der Waals surface area contributed by atoms with Crippen molar-refractivity contribution in [2.75, 3.05) is 0 Å². The second-order valence-corrected chi connectivity index (χ2v) is 4.25. The van der Waals surface area contributed by atoms with Crippen LogP contribution in [-0.4, -0.2) is 16.5 Å². The molecule has 1 aromatic rings. The molecule has 0 saturated heterocycles. The van der Waals surface area contributed by atoms with Gasteiger partial charge < -0.3 is 5.11 Å². The van der Waals surface area contributed by atoms with Gasteiger partial charge in [0.15, 0.2) is 5.78 Å². The van der Waals surface area contributed by atoms with Crippen LogP contribution in [0.3, 0.4) is 0 Å². The molecule has 0 atom stereocenters. The lowest BCUT2D eigenvalue weighted by atomic mass is 10.0. The molecule has 0 aromatic carbocycles. The maximum atomic E-state index is 11.2. The number of carbonyl (C=O) groups is 1. The van der Waals surface area contributed by atoms with Gasteiger partial charge in [-0.25, -0.2) is 0 Å². The summed E-state index contributed by atoms with van der Waals surface area (Å²) in [5.41, 5.74) is -1.27. The van der Waals surface area contributed by atoms with Gasteiger partial charge in [0.25, 0.3) is 0 Å². The first-order chi connectivity index (χ1) is 6.00. The fourth-order valence-corrected chi connectivity index (χ4v) is 1.37. The summed E-state index contributed by atoms with van der Waals surface area (Å²) >= 11 is 1.55. The molecule has 13 heavy (non-hydrogen) atoms. The Balaban J connectivity index is 2.65. The van der Waals surface area contributed by atoms with Crippen molar-refractivity contribution in [3.05, 3.63) is 28.5 Å². The van der Waals surface area contributed by atoms with E-state index in [0.717, 1.165) is 4.88 Å². The van der Waals surface area contributed by atoms with Gasteiger partial charge in [-0.1, -0.05) is 6.07 Å². The lowest BCUT2D eigenvalue weighted by Gasteiger charge is -2.11. The van der Waals surface area contributed by atoms with E-state index in [1.165, 1.54) is 19.9 Å². The topological polar surface area (TPSA) is 37.3 Å². The predicted octanol–water partition coefficient (Wildman–Crippen LogP) is 2.10. The highest BCUT2D eigenvalue weighted by atomic mass is 32.1. The molecule has 1 aromatic heterocycles. The second kappa shape index (κ2) is 3.85. The number of carbonyl (C=O) groups excluding carboxylic acids is 1. The number of thiophene rings is 1. The number of ketones is 1. The molecule has 0 spiro atoms. The summed E-state index contributed by atoms with van der Waals surface area (Å²) in [5, 5.41) is 11.3. The third-order valence-electron chi connectivity index (χ3n) is 1.55. The van der Waals surface area contributed by atoms with E-state index in [9.17, 15) is 9.90 Å². The molecule has 0 aliphatic rings. The van der Waals surface area contributed by atoms with Crippen molar-refractivity contribution in [3.63, 3.8) is 0 Å². The molecule has 0 saturated carbocycles. The fraction of sp³-hybridized carbons (Fsp3) is 0.300. The molecular formula is C10H12O2S. The van der Waals surface area contributed by atoms with Crippen LogP contribution >= 0.6 is 11.3 Å². The van der Waals surface area contributed by atoms with Crippen LogP contribution in [0.5, 0.6) is 0 Å². The van der Waals surface area contributed by atoms with Crippen LogP contribution in [0, 0.1) is 0 Å². The first-order valence-electron chi connectivity index (χ1n) is 3.98. The molecule has 3 heteroatoms. The van der Waals surface area contributed by atoms with Crippen molar-refractivity contribution in [3.8, 4) is 0 Å². The molecule has 0 radical (unpaired) electrons. The van der Waals surface area contributed by atoms with Gasteiger partial charge >= 0.3 is 0 Å². The van der Waals surface area contributed by atoms with Crippen LogP contribution in [0.15, 0.2) is 23.6 Å². The van der Waals surface area contributed by atoms with Crippen LogP contribution in [-0.2, 0) is 4.79 Å². The van der Waals surface area contributed by atoms with Crippen LogP contribution < -0.4 is 0 Å². The third-order valence-corrected chi connectivity index (χ3v) is 2.38. The SMILES string of the molecule is CC(C)(O)C(=O)/C=C/c1cccs1. The van der Waals surface area contributed by atoms with E-state index < -0.39 is 5.60 Å². The minimum absolute atomic E-state index is 0.277. The van der Waals surface area contributed by atoms with Crippen LogP contribution in [0.2, 0.25) is 0 Å². The lowest BCUT2D eigenvalue weighted by molar-refractivity contribution is -0.128. The second-order valence-electron chi connectivity index (χ2n) is 3.27. The molecule has 0 bridgehead atoms. The summed E-state index contributed by atoms with van der Waals surface area (Å²) in [7, 11) is 0. The van der Waals surface area contributed by atoms with Crippen molar-refractivity contribution < 1.29 is 9.90 Å². The molecule has 1 rings (SSSR count). The Bertz CT molecular complexity index is 304. The van der Waals surface area contributed by atoms with Crippen molar-refractivity contribution in [2.24, 2.45) is 0 Å². The Kier molecular flexibility index (Phi) is 3.01. The molecule has 1 N–H and O–H groups in total. The summed E-state index contributed by atoms with van der Waals surface area (Å²) in [6, 6.07) is 3.83. The van der Waals surface area contributed by atoms with E-state index >= 15 is 0 Å². The third kappa shape index (κ3) is 3.13. The Morgan fingerprint density at radius 1 is 1.62 bits per heavy atom. The summed E-state index contributed by atoms with van der Waals surface area (Å²) < 4.78 is 0. The number of hydrogen-bond acceptors (Lipinski definition) is 3. The normalized spacial score (nSPS) is 12.2. The average Bonchev–Trinajstić information content (AvgIpc) is 2.50. The monoisotopic (exact) mass is 196 g/mol. The van der Waals surface area contributed by atoms with Crippen LogP contribution in [0.25, 0.3) is 6.08 Å². The van der Waals surface area contributed by atoms with Gasteiger partial charge in [-0.15, -0.1) is 11.3 Å². The molecule has 2 nitrogen and oxygen atoms in total. The fourth-order valence-electron chi connectivity index (χ4n) is 0.748. The number of hydrogen-bond donors (Lipinski definition) is 1. The van der Waals surface area contributed by atoms with E-state index in [1.807, 2.05) is 17.5 Å². The quantitative estimate of drug-likeness (QED) is 0.752. The number of aliphatic hydroxyl groups is 1. The highest BCUT2D eigenvalue weighted by molar-refractivity contribution is 7.10. The lowest BCUT2D eigenvalue weighted by Crippen LogP contribution is -2.29. The standard InChI is InChI=1S/C10H12O2S/c1-10(2,12)9(11)6-5-8-4-3-7-13-8/h3-7,12H,1-2H3/b6-5+. The summed E-state index contributed by atoms with van der Waals surface area (Å²) in [4.78, 5) is 12.2. The summed E-state index contributed by atoms with van der Waals surface area (Å²) in [6.07, 6.45) is 3.12. The van der Waals surface area contributed by atoms with Crippen molar-refractivity contribution in [1.82, 2.24) is 0 Å². The Morgan fingerprint density at radius 2 is 2.31 bits per heavy atom. The zero-order valence-corrected chi connectivity index (χ0v) is 8.47. The maximum absolute atomic E-state index is 11.2. The maximum Gasteiger partial charge on any atom is 0.186 e. The number of rotatable bonds is 3. The van der Waals surface area contributed by atoms with E-state index in [0.29, 0.717) is 0 Å². The van der Waals surface area contributed by atoms with Crippen LogP contribution in [0.1, 0.15) is 18.7 Å². The Hall–Kier alpha value is -0.930. The van der Waals surface area contributed by atoms with Crippen molar-refractivity contribution >= 4 is 23.2 Å². The zero-order chi connectivity index (χ0) is 9.90. The predicted molar refractivity (Wildman–Crippen MR) is 54.7 cm³/mol. The molecule has 1 heterocycles. The van der Waals surface area contributed by atoms with E-state index in [4.69, 9.17) is 0 Å². The Morgan fingerprint density at radius 3 is 2.77 bits per heavy atom. The molecule has 0 fully saturated rings. The molecule has 0 aliphatic heterocycles. The molecule has 0 aliphatic carbocycles. The molecule has 0 unspecified atom stereocenters. The minimum Gasteiger partial charge on any atom is -0.382 e. The first-order valence-corrected chi connectivity index (χ1v) is 4.86. The van der Waals surface area contributed by atoms with Gasteiger partial charge in [0, 0.05) is 4.88 Å². The summed E-state index contributed by atoms with van der Waals surface area (Å²) in [6.45, 7) is 2.96. The van der Waals surface area contributed by atoms with Gasteiger partial charge in [0.1, 0.15) is 5.60 Å². The highest BCUT2D eigenvalue weighted by Gasteiger charge is 2.20. The van der Waals surface area contributed by atoms with E-state index in [-0.39, 0.29) is 5.78 Å². The highest BCUT2D eigenvalue weighted by Crippen LogP contribution is 2.12. The molecule has 0 amide bonds. The smallest absolute Gasteiger partial charge is 0.186 e. The van der Waals surface area contributed by atoms with Gasteiger partial charge in [0.2, 0.25) is 0 Å². The van der Waals surface area contributed by atoms with Crippen molar-refractivity contribution in [1.29, 1.82) is 0 Å². The Labute approximate surface area is 81.5 Å². The summed E-state index contributed by atoms with van der Waals surface area (Å²) in [5.74, 6) is -0.277. The zero-order valence-electron chi connectivity index (χ0n) is 7.65. The van der Waals surface area contributed by atoms with E-state index in [1.54, 1.807) is 17.4 Å². The minimum atomic E-state index is -1.27. The molecular weight excluding hydrogens is 184 g/mol. The van der Waals surface area contributed by atoms with Crippen molar-refractivity contribution in [2.45, 2.75) is 19.4 Å². The molecule has 70 valence electrons. The largest absolute Gasteiger partial charge is 0.382 e. The van der Waals surface area contributed by atoms with E-state index in [2.05, 4.69) is 0 Å². The average molecular weight is 196 g/mol. The first kappa shape index (κ1) is 10.2.